The molecular weight excluding hydrogens is 336 g/mol. The van der Waals surface area contributed by atoms with E-state index in [-0.39, 0.29) is 0 Å². The summed E-state index contributed by atoms with van der Waals surface area (Å²) in [6.07, 6.45) is 2.26. The SMILES string of the molecule is c1ccc2c(c1)CCc1cc3c4c(cccc4c1-2)-c1cc2ccccc2cc1-3. The van der Waals surface area contributed by atoms with E-state index in [1.54, 1.807) is 0 Å². The van der Waals surface area contributed by atoms with E-state index >= 15 is 0 Å². The van der Waals surface area contributed by atoms with Crippen molar-refractivity contribution in [3.8, 4) is 33.4 Å². The molecule has 0 saturated carbocycles. The van der Waals surface area contributed by atoms with Crippen LogP contribution in [0.25, 0.3) is 54.9 Å². The Morgan fingerprint density at radius 1 is 0.464 bits per heavy atom. The molecule has 0 bridgehead atoms. The van der Waals surface area contributed by atoms with Gasteiger partial charge in [0.15, 0.2) is 0 Å². The molecule has 5 aromatic carbocycles. The molecule has 0 amide bonds. The van der Waals surface area contributed by atoms with E-state index in [4.69, 9.17) is 0 Å². The lowest BCUT2D eigenvalue weighted by atomic mass is 9.81. The zero-order valence-electron chi connectivity index (χ0n) is 15.5. The van der Waals surface area contributed by atoms with Gasteiger partial charge in [-0.15, -0.1) is 0 Å². The van der Waals surface area contributed by atoms with Crippen LogP contribution in [0.3, 0.4) is 0 Å². The van der Waals surface area contributed by atoms with Crippen molar-refractivity contribution in [1.82, 2.24) is 0 Å². The molecule has 0 heterocycles. The van der Waals surface area contributed by atoms with Crippen LogP contribution in [0.2, 0.25) is 0 Å². The molecule has 0 aliphatic heterocycles. The molecule has 0 unspecified atom stereocenters. The third-order valence-electron chi connectivity index (χ3n) is 6.66. The van der Waals surface area contributed by atoms with Gasteiger partial charge in [0.05, 0.1) is 0 Å². The van der Waals surface area contributed by atoms with Crippen LogP contribution in [0.4, 0.5) is 0 Å². The first kappa shape index (κ1) is 14.6. The Bertz CT molecular complexity index is 1450. The molecule has 0 atom stereocenters. The summed E-state index contributed by atoms with van der Waals surface area (Å²) in [6, 6.07) is 31.8. The fourth-order valence-corrected chi connectivity index (χ4v) is 5.43. The van der Waals surface area contributed by atoms with Gasteiger partial charge in [-0.2, -0.15) is 0 Å². The highest BCUT2D eigenvalue weighted by Crippen LogP contribution is 2.52. The van der Waals surface area contributed by atoms with Crippen LogP contribution in [0.1, 0.15) is 11.1 Å². The monoisotopic (exact) mass is 354 g/mol. The van der Waals surface area contributed by atoms with Crippen LogP contribution in [-0.2, 0) is 12.8 Å². The van der Waals surface area contributed by atoms with Crippen LogP contribution in [0, 0.1) is 0 Å². The second-order valence-electron chi connectivity index (χ2n) is 8.09. The molecule has 7 rings (SSSR count). The number of rotatable bonds is 0. The molecule has 0 aromatic heterocycles. The Balaban J connectivity index is 1.65. The Labute approximate surface area is 164 Å². The minimum Gasteiger partial charge on any atom is -0.0620 e. The summed E-state index contributed by atoms with van der Waals surface area (Å²) in [4.78, 5) is 0. The summed E-state index contributed by atoms with van der Waals surface area (Å²) in [5.41, 5.74) is 11.5. The molecular formula is C28H18. The van der Waals surface area contributed by atoms with Crippen LogP contribution in [0.15, 0.2) is 84.9 Å². The quantitative estimate of drug-likeness (QED) is 0.266. The minimum absolute atomic E-state index is 1.13. The van der Waals surface area contributed by atoms with Crippen molar-refractivity contribution in [2.75, 3.05) is 0 Å². The lowest BCUT2D eigenvalue weighted by Gasteiger charge is -2.22. The molecule has 0 N–H and O–H groups in total. The summed E-state index contributed by atoms with van der Waals surface area (Å²) in [5, 5.41) is 5.49. The second-order valence-corrected chi connectivity index (χ2v) is 8.09. The molecule has 0 spiro atoms. The zero-order valence-corrected chi connectivity index (χ0v) is 15.5. The molecule has 0 fully saturated rings. The number of hydrogen-bond donors (Lipinski definition) is 0. The van der Waals surface area contributed by atoms with Crippen molar-refractivity contribution < 1.29 is 0 Å². The van der Waals surface area contributed by atoms with Gasteiger partial charge < -0.3 is 0 Å². The summed E-state index contributed by atoms with van der Waals surface area (Å²) >= 11 is 0. The standard InChI is InChI=1S/C28H18/c1-2-8-19-15-25-24(14-18(19)7-1)22-10-5-11-23-27-20(16-26(25)28(22)23)13-12-17-6-3-4-9-21(17)27/h1-11,14-16H,12-13H2. The van der Waals surface area contributed by atoms with Crippen molar-refractivity contribution in [3.05, 3.63) is 96.1 Å². The van der Waals surface area contributed by atoms with Crippen molar-refractivity contribution in [2.24, 2.45) is 0 Å². The van der Waals surface area contributed by atoms with Gasteiger partial charge in [-0.3, -0.25) is 0 Å². The van der Waals surface area contributed by atoms with Gasteiger partial charge in [0.1, 0.15) is 0 Å². The van der Waals surface area contributed by atoms with E-state index in [9.17, 15) is 0 Å². The number of aryl methyl sites for hydroxylation is 2. The topological polar surface area (TPSA) is 0 Å². The maximum atomic E-state index is 2.48. The summed E-state index contributed by atoms with van der Waals surface area (Å²) in [5.74, 6) is 0. The smallest absolute Gasteiger partial charge is 0.00199 e. The molecule has 28 heavy (non-hydrogen) atoms. The third-order valence-corrected chi connectivity index (χ3v) is 6.66. The number of benzene rings is 5. The maximum absolute atomic E-state index is 2.48. The molecule has 0 nitrogen and oxygen atoms in total. The fourth-order valence-electron chi connectivity index (χ4n) is 5.43. The first-order chi connectivity index (χ1) is 13.9. The van der Waals surface area contributed by atoms with Crippen LogP contribution in [-0.4, -0.2) is 0 Å². The first-order valence-corrected chi connectivity index (χ1v) is 10.1. The molecule has 0 heteroatoms. The highest BCUT2D eigenvalue weighted by molar-refractivity contribution is 6.21. The molecule has 2 aliphatic rings. The molecule has 5 aromatic rings. The number of hydrogen-bond acceptors (Lipinski definition) is 0. The van der Waals surface area contributed by atoms with E-state index in [0.29, 0.717) is 0 Å². The Morgan fingerprint density at radius 2 is 1.14 bits per heavy atom. The molecule has 0 radical (unpaired) electrons. The van der Waals surface area contributed by atoms with E-state index in [0.717, 1.165) is 12.8 Å². The lowest BCUT2D eigenvalue weighted by molar-refractivity contribution is 0.945. The first-order valence-electron chi connectivity index (χ1n) is 10.1. The van der Waals surface area contributed by atoms with Crippen LogP contribution < -0.4 is 0 Å². The van der Waals surface area contributed by atoms with Crippen molar-refractivity contribution in [2.45, 2.75) is 12.8 Å². The summed E-state index contributed by atoms with van der Waals surface area (Å²) in [6.45, 7) is 0. The average Bonchev–Trinajstić information content (AvgIpc) is 3.06. The lowest BCUT2D eigenvalue weighted by Crippen LogP contribution is -2.04. The van der Waals surface area contributed by atoms with Gasteiger partial charge in [-0.05, 0) is 97.1 Å². The highest BCUT2D eigenvalue weighted by atomic mass is 14.3. The van der Waals surface area contributed by atoms with E-state index in [2.05, 4.69) is 84.9 Å². The summed E-state index contributed by atoms with van der Waals surface area (Å²) < 4.78 is 0. The van der Waals surface area contributed by atoms with Gasteiger partial charge in [-0.25, -0.2) is 0 Å². The molecule has 2 aliphatic carbocycles. The fraction of sp³-hybridized carbons (Fsp3) is 0.0714. The summed E-state index contributed by atoms with van der Waals surface area (Å²) in [7, 11) is 0. The highest BCUT2D eigenvalue weighted by Gasteiger charge is 2.27. The van der Waals surface area contributed by atoms with Crippen LogP contribution in [0.5, 0.6) is 0 Å². The second kappa shape index (κ2) is 5.11. The van der Waals surface area contributed by atoms with Crippen molar-refractivity contribution >= 4 is 21.5 Å². The largest absolute Gasteiger partial charge is 0.0620 e. The van der Waals surface area contributed by atoms with Crippen molar-refractivity contribution in [1.29, 1.82) is 0 Å². The predicted octanol–water partition coefficient (Wildman–Crippen LogP) is 7.41. The average molecular weight is 354 g/mol. The third kappa shape index (κ3) is 1.75. The van der Waals surface area contributed by atoms with Crippen LogP contribution >= 0.6 is 0 Å². The van der Waals surface area contributed by atoms with Gasteiger partial charge in [-0.1, -0.05) is 66.7 Å². The van der Waals surface area contributed by atoms with Gasteiger partial charge in [0.2, 0.25) is 0 Å². The number of fused-ring (bicyclic) bond motifs is 8. The minimum atomic E-state index is 1.13. The zero-order chi connectivity index (χ0) is 18.2. The maximum Gasteiger partial charge on any atom is -0.00199 e. The predicted molar refractivity (Wildman–Crippen MR) is 119 cm³/mol. The Kier molecular flexibility index (Phi) is 2.67. The van der Waals surface area contributed by atoms with E-state index < -0.39 is 0 Å². The van der Waals surface area contributed by atoms with E-state index in [1.807, 2.05) is 0 Å². The molecule has 0 saturated heterocycles. The van der Waals surface area contributed by atoms with Crippen molar-refractivity contribution in [3.63, 3.8) is 0 Å². The van der Waals surface area contributed by atoms with Gasteiger partial charge >= 0.3 is 0 Å². The van der Waals surface area contributed by atoms with E-state index in [1.165, 1.54) is 66.1 Å². The van der Waals surface area contributed by atoms with Gasteiger partial charge in [0.25, 0.3) is 0 Å². The van der Waals surface area contributed by atoms with Gasteiger partial charge in [0, 0.05) is 0 Å². The normalized spacial score (nSPS) is 13.4. The Hall–Kier alpha value is -3.38. The molecule has 130 valence electrons. The Morgan fingerprint density at radius 3 is 2.00 bits per heavy atom.